The van der Waals surface area contributed by atoms with Crippen LogP contribution in [-0.4, -0.2) is 0 Å². The lowest BCUT2D eigenvalue weighted by Crippen LogP contribution is -1.86. The Balaban J connectivity index is 2.14. The second-order valence-corrected chi connectivity index (χ2v) is 7.91. The molecule has 140 valence electrons. The van der Waals surface area contributed by atoms with E-state index in [-0.39, 0.29) is 0 Å². The molecule has 0 radical (unpaired) electrons. The number of thiol groups is 1. The molecule has 0 bridgehead atoms. The molecule has 28 heavy (non-hydrogen) atoms. The van der Waals surface area contributed by atoms with Gasteiger partial charge in [-0.15, -0.1) is 11.3 Å². The fourth-order valence-electron chi connectivity index (χ4n) is 3.27. The highest BCUT2D eigenvalue weighted by Crippen LogP contribution is 2.37. The molecule has 0 aliphatic carbocycles. The summed E-state index contributed by atoms with van der Waals surface area (Å²) in [4.78, 5) is 0. The van der Waals surface area contributed by atoms with Gasteiger partial charge in [0.25, 0.3) is 0 Å². The van der Waals surface area contributed by atoms with Crippen LogP contribution in [0.1, 0.15) is 18.1 Å². The van der Waals surface area contributed by atoms with Crippen molar-refractivity contribution in [1.29, 1.82) is 0 Å². The normalized spacial score (nSPS) is 13.2. The number of rotatable bonds is 6. The zero-order valence-corrected chi connectivity index (χ0v) is 18.0. The molecule has 0 spiro atoms. The summed E-state index contributed by atoms with van der Waals surface area (Å²) in [5.41, 5.74) is 5.53. The van der Waals surface area contributed by atoms with Crippen molar-refractivity contribution in [2.75, 3.05) is 0 Å². The van der Waals surface area contributed by atoms with Crippen molar-refractivity contribution in [3.8, 4) is 0 Å². The quantitative estimate of drug-likeness (QED) is 0.311. The van der Waals surface area contributed by atoms with Gasteiger partial charge in [-0.25, -0.2) is 0 Å². The van der Waals surface area contributed by atoms with E-state index in [1.165, 1.54) is 25.7 Å². The minimum atomic E-state index is 0.936. The van der Waals surface area contributed by atoms with E-state index in [0.717, 1.165) is 22.3 Å². The molecule has 0 aliphatic rings. The molecule has 3 rings (SSSR count). The van der Waals surface area contributed by atoms with Crippen LogP contribution in [0.5, 0.6) is 0 Å². The Morgan fingerprint density at radius 2 is 1.93 bits per heavy atom. The lowest BCUT2D eigenvalue weighted by atomic mass is 9.98. The highest BCUT2D eigenvalue weighted by molar-refractivity contribution is 7.83. The average molecular weight is 401 g/mol. The molecule has 1 heterocycles. The monoisotopic (exact) mass is 400 g/mol. The van der Waals surface area contributed by atoms with Gasteiger partial charge < -0.3 is 0 Å². The minimum absolute atomic E-state index is 0.936. The Morgan fingerprint density at radius 3 is 2.64 bits per heavy atom. The molecule has 0 amide bonds. The average Bonchev–Trinajstić information content (AvgIpc) is 3.07. The molecule has 2 aromatic carbocycles. The SMILES string of the molecule is C=C/C=C(\C=C/C)C(=C)/C=C(\C=C/S)c1ccc2sc3c(C)cccc3c2c1. The van der Waals surface area contributed by atoms with E-state index in [2.05, 4.69) is 75.2 Å². The van der Waals surface area contributed by atoms with E-state index in [9.17, 15) is 0 Å². The van der Waals surface area contributed by atoms with Crippen molar-refractivity contribution in [1.82, 2.24) is 0 Å². The molecular weight excluding hydrogens is 376 g/mol. The lowest BCUT2D eigenvalue weighted by molar-refractivity contribution is 1.54. The molecule has 0 unspecified atom stereocenters. The van der Waals surface area contributed by atoms with Crippen molar-refractivity contribution in [3.05, 3.63) is 114 Å². The van der Waals surface area contributed by atoms with Crippen LogP contribution in [0.15, 0.2) is 103 Å². The summed E-state index contributed by atoms with van der Waals surface area (Å²) >= 11 is 6.16. The Labute approximate surface area is 177 Å². The van der Waals surface area contributed by atoms with Crippen molar-refractivity contribution in [2.45, 2.75) is 13.8 Å². The summed E-state index contributed by atoms with van der Waals surface area (Å²) < 4.78 is 2.67. The fourth-order valence-corrected chi connectivity index (χ4v) is 4.59. The molecule has 0 saturated carbocycles. The third-order valence-electron chi connectivity index (χ3n) is 4.63. The first kappa shape index (κ1) is 20.2. The zero-order chi connectivity index (χ0) is 20.1. The minimum Gasteiger partial charge on any atom is -0.151 e. The van der Waals surface area contributed by atoms with E-state index >= 15 is 0 Å². The molecule has 0 atom stereocenters. The van der Waals surface area contributed by atoms with Crippen molar-refractivity contribution in [2.24, 2.45) is 0 Å². The Hall–Kier alpha value is -2.55. The van der Waals surface area contributed by atoms with Gasteiger partial charge in [-0.3, -0.25) is 0 Å². The van der Waals surface area contributed by atoms with E-state index in [4.69, 9.17) is 0 Å². The van der Waals surface area contributed by atoms with Gasteiger partial charge >= 0.3 is 0 Å². The highest BCUT2D eigenvalue weighted by Gasteiger charge is 2.09. The third-order valence-corrected chi connectivity index (χ3v) is 6.10. The van der Waals surface area contributed by atoms with Crippen LogP contribution in [-0.2, 0) is 0 Å². The third kappa shape index (κ3) is 4.14. The highest BCUT2D eigenvalue weighted by atomic mass is 32.1. The second kappa shape index (κ2) is 9.09. The Morgan fingerprint density at radius 1 is 1.11 bits per heavy atom. The van der Waals surface area contributed by atoms with Gasteiger partial charge in [0.2, 0.25) is 0 Å². The largest absolute Gasteiger partial charge is 0.151 e. The number of allylic oxidation sites excluding steroid dienone is 9. The summed E-state index contributed by atoms with van der Waals surface area (Å²) in [6, 6.07) is 13.2. The number of benzene rings is 2. The van der Waals surface area contributed by atoms with Crippen LogP contribution >= 0.6 is 24.0 Å². The summed E-state index contributed by atoms with van der Waals surface area (Å²) in [5.74, 6) is 0. The van der Waals surface area contributed by atoms with Crippen LogP contribution in [0.3, 0.4) is 0 Å². The van der Waals surface area contributed by atoms with Crippen LogP contribution in [0.2, 0.25) is 0 Å². The standard InChI is InChI=1S/C26H24S2/c1-5-8-20(9-6-2)19(4)16-22(14-15-27)21-12-13-25-24(17-21)23-11-7-10-18(3)26(23)28-25/h5-17,27H,1,4H2,2-3H3/b9-6-,15-14-,20-8+,22-16+. The smallest absolute Gasteiger partial charge is 0.0384 e. The number of thiophene rings is 1. The van der Waals surface area contributed by atoms with E-state index in [1.807, 2.05) is 42.6 Å². The fraction of sp³-hybridized carbons (Fsp3) is 0.0769. The van der Waals surface area contributed by atoms with Gasteiger partial charge in [0.1, 0.15) is 0 Å². The van der Waals surface area contributed by atoms with Crippen molar-refractivity contribution >= 4 is 49.7 Å². The molecule has 0 saturated heterocycles. The van der Waals surface area contributed by atoms with Gasteiger partial charge in [-0.2, -0.15) is 12.6 Å². The summed E-state index contributed by atoms with van der Waals surface area (Å²) in [7, 11) is 0. The Bertz CT molecular complexity index is 1160. The molecule has 0 nitrogen and oxygen atoms in total. The maximum atomic E-state index is 4.31. The van der Waals surface area contributed by atoms with Crippen LogP contribution in [0, 0.1) is 6.92 Å². The maximum absolute atomic E-state index is 4.31. The number of hydrogen-bond donors (Lipinski definition) is 1. The van der Waals surface area contributed by atoms with Crippen molar-refractivity contribution in [3.63, 3.8) is 0 Å². The van der Waals surface area contributed by atoms with Gasteiger partial charge in [0.15, 0.2) is 0 Å². The first-order valence-corrected chi connectivity index (χ1v) is 10.5. The molecule has 3 aromatic rings. The predicted octanol–water partition coefficient (Wildman–Crippen LogP) is 8.43. The second-order valence-electron chi connectivity index (χ2n) is 6.56. The van der Waals surface area contributed by atoms with Gasteiger partial charge in [-0.05, 0) is 71.4 Å². The first-order valence-electron chi connectivity index (χ1n) is 9.18. The number of hydrogen-bond acceptors (Lipinski definition) is 2. The maximum Gasteiger partial charge on any atom is 0.0384 e. The predicted molar refractivity (Wildman–Crippen MR) is 132 cm³/mol. The summed E-state index contributed by atoms with van der Waals surface area (Å²) in [5, 5.41) is 4.38. The number of fused-ring (bicyclic) bond motifs is 3. The van der Waals surface area contributed by atoms with Gasteiger partial charge in [-0.1, -0.05) is 61.7 Å². The molecule has 0 aliphatic heterocycles. The van der Waals surface area contributed by atoms with Crippen molar-refractivity contribution < 1.29 is 0 Å². The molecule has 0 N–H and O–H groups in total. The van der Waals surface area contributed by atoms with E-state index < -0.39 is 0 Å². The molecule has 1 aromatic heterocycles. The van der Waals surface area contributed by atoms with E-state index in [1.54, 1.807) is 11.5 Å². The van der Waals surface area contributed by atoms with Crippen LogP contribution in [0.4, 0.5) is 0 Å². The Kier molecular flexibility index (Phi) is 6.56. The van der Waals surface area contributed by atoms with Gasteiger partial charge in [0, 0.05) is 20.2 Å². The van der Waals surface area contributed by atoms with Crippen LogP contribution < -0.4 is 0 Å². The van der Waals surface area contributed by atoms with E-state index in [0.29, 0.717) is 0 Å². The zero-order valence-electron chi connectivity index (χ0n) is 16.3. The summed E-state index contributed by atoms with van der Waals surface area (Å²) in [6.45, 7) is 12.2. The van der Waals surface area contributed by atoms with Crippen LogP contribution in [0.25, 0.3) is 25.7 Å². The van der Waals surface area contributed by atoms with Gasteiger partial charge in [0.05, 0.1) is 0 Å². The molecule has 2 heteroatoms. The topological polar surface area (TPSA) is 0 Å². The molecular formula is C26H24S2. The summed E-state index contributed by atoms with van der Waals surface area (Å²) in [6.07, 6.45) is 11.9. The molecule has 0 fully saturated rings. The number of aryl methyl sites for hydroxylation is 1. The lowest BCUT2D eigenvalue weighted by Gasteiger charge is -2.07. The first-order chi connectivity index (χ1) is 13.6.